The summed E-state index contributed by atoms with van der Waals surface area (Å²) in [7, 11) is 0. The molecule has 0 aliphatic carbocycles. The first-order chi connectivity index (χ1) is 7.67. The van der Waals surface area contributed by atoms with E-state index in [-0.39, 0.29) is 0 Å². The number of rotatable bonds is 3. The van der Waals surface area contributed by atoms with Gasteiger partial charge >= 0.3 is 0 Å². The van der Waals surface area contributed by atoms with Crippen LogP contribution < -0.4 is 5.32 Å². The average molecular weight is 233 g/mol. The van der Waals surface area contributed by atoms with Gasteiger partial charge in [-0.25, -0.2) is 0 Å². The Morgan fingerprint density at radius 2 is 1.47 bits per heavy atom. The average Bonchev–Trinajstić information content (AvgIpc) is 2.12. The van der Waals surface area contributed by atoms with Crippen LogP contribution >= 0.6 is 0 Å². The Bertz CT molecular complexity index is 353. The van der Waals surface area contributed by atoms with Crippen LogP contribution in [-0.2, 0) is 6.42 Å². The standard InChI is InChI=1S/C16H27N/c1-15(2,3)11-13-9-7-8-10-14(13)17-12-16(4,5)6/h7-10,17H,11-12H2,1-6H3. The minimum Gasteiger partial charge on any atom is -0.384 e. The maximum atomic E-state index is 3.58. The highest BCUT2D eigenvalue weighted by molar-refractivity contribution is 5.51. The van der Waals surface area contributed by atoms with E-state index < -0.39 is 0 Å². The molecular weight excluding hydrogens is 206 g/mol. The van der Waals surface area contributed by atoms with Crippen LogP contribution in [0.15, 0.2) is 24.3 Å². The molecule has 0 saturated heterocycles. The molecule has 0 amide bonds. The number of para-hydroxylation sites is 1. The molecule has 0 aliphatic rings. The highest BCUT2D eigenvalue weighted by Crippen LogP contribution is 2.26. The van der Waals surface area contributed by atoms with Crippen molar-refractivity contribution in [2.75, 3.05) is 11.9 Å². The van der Waals surface area contributed by atoms with E-state index in [2.05, 4.69) is 71.1 Å². The van der Waals surface area contributed by atoms with E-state index in [4.69, 9.17) is 0 Å². The Hall–Kier alpha value is -0.980. The SMILES string of the molecule is CC(C)(C)CNc1ccccc1CC(C)(C)C. The van der Waals surface area contributed by atoms with Gasteiger partial charge in [0.1, 0.15) is 0 Å². The molecule has 1 rings (SSSR count). The molecule has 0 bridgehead atoms. The Balaban J connectivity index is 2.78. The summed E-state index contributed by atoms with van der Waals surface area (Å²) in [4.78, 5) is 0. The van der Waals surface area contributed by atoms with Crippen LogP contribution in [0.2, 0.25) is 0 Å². The Kier molecular flexibility index (Phi) is 4.24. The summed E-state index contributed by atoms with van der Waals surface area (Å²) in [6, 6.07) is 8.66. The number of anilines is 1. The van der Waals surface area contributed by atoms with Crippen LogP contribution in [0.25, 0.3) is 0 Å². The van der Waals surface area contributed by atoms with E-state index in [0.29, 0.717) is 10.8 Å². The molecule has 1 aromatic rings. The fourth-order valence-electron chi connectivity index (χ4n) is 1.78. The van der Waals surface area contributed by atoms with E-state index in [1.54, 1.807) is 0 Å². The third kappa shape index (κ3) is 5.76. The zero-order valence-corrected chi connectivity index (χ0v) is 12.2. The van der Waals surface area contributed by atoms with Crippen molar-refractivity contribution in [1.82, 2.24) is 0 Å². The van der Waals surface area contributed by atoms with Gasteiger partial charge in [-0.15, -0.1) is 0 Å². The van der Waals surface area contributed by atoms with Gasteiger partial charge in [-0.1, -0.05) is 59.7 Å². The molecule has 0 spiro atoms. The summed E-state index contributed by atoms with van der Waals surface area (Å²) < 4.78 is 0. The molecule has 0 heterocycles. The quantitative estimate of drug-likeness (QED) is 0.795. The lowest BCUT2D eigenvalue weighted by molar-refractivity contribution is 0.411. The van der Waals surface area contributed by atoms with Crippen molar-refractivity contribution in [1.29, 1.82) is 0 Å². The van der Waals surface area contributed by atoms with E-state index in [0.717, 1.165) is 13.0 Å². The fraction of sp³-hybridized carbons (Fsp3) is 0.625. The smallest absolute Gasteiger partial charge is 0.0373 e. The largest absolute Gasteiger partial charge is 0.384 e. The van der Waals surface area contributed by atoms with Crippen molar-refractivity contribution < 1.29 is 0 Å². The van der Waals surface area contributed by atoms with Gasteiger partial charge in [-0.3, -0.25) is 0 Å². The van der Waals surface area contributed by atoms with Crippen molar-refractivity contribution in [3.63, 3.8) is 0 Å². The van der Waals surface area contributed by atoms with Gasteiger partial charge < -0.3 is 5.32 Å². The molecule has 1 heteroatoms. The van der Waals surface area contributed by atoms with E-state index in [9.17, 15) is 0 Å². The van der Waals surface area contributed by atoms with Crippen LogP contribution in [0.5, 0.6) is 0 Å². The minimum atomic E-state index is 0.314. The third-order valence-electron chi connectivity index (χ3n) is 2.55. The lowest BCUT2D eigenvalue weighted by Gasteiger charge is -2.24. The molecule has 0 unspecified atom stereocenters. The molecular formula is C16H27N. The molecule has 17 heavy (non-hydrogen) atoms. The van der Waals surface area contributed by atoms with Gasteiger partial charge in [0.25, 0.3) is 0 Å². The molecule has 0 fully saturated rings. The van der Waals surface area contributed by atoms with Crippen molar-refractivity contribution in [2.45, 2.75) is 48.0 Å². The van der Waals surface area contributed by atoms with Crippen LogP contribution in [0.4, 0.5) is 5.69 Å². The molecule has 1 N–H and O–H groups in total. The van der Waals surface area contributed by atoms with Crippen molar-refractivity contribution >= 4 is 5.69 Å². The molecule has 1 aromatic carbocycles. The second-order valence-corrected chi connectivity index (χ2v) is 7.31. The van der Waals surface area contributed by atoms with Crippen LogP contribution in [0.3, 0.4) is 0 Å². The normalized spacial score (nSPS) is 12.6. The summed E-state index contributed by atoms with van der Waals surface area (Å²) in [5.74, 6) is 0. The highest BCUT2D eigenvalue weighted by Gasteiger charge is 2.15. The second kappa shape index (κ2) is 5.12. The third-order valence-corrected chi connectivity index (χ3v) is 2.55. The van der Waals surface area contributed by atoms with Crippen molar-refractivity contribution in [3.8, 4) is 0 Å². The molecule has 0 aliphatic heterocycles. The Labute approximate surface area is 107 Å². The molecule has 0 saturated carbocycles. The summed E-state index contributed by atoms with van der Waals surface area (Å²) in [6.45, 7) is 14.6. The number of hydrogen-bond acceptors (Lipinski definition) is 1. The van der Waals surface area contributed by atoms with Gasteiger partial charge in [0.2, 0.25) is 0 Å². The fourth-order valence-corrected chi connectivity index (χ4v) is 1.78. The zero-order valence-electron chi connectivity index (χ0n) is 12.2. The van der Waals surface area contributed by atoms with Crippen molar-refractivity contribution in [2.24, 2.45) is 10.8 Å². The summed E-state index contributed by atoms with van der Waals surface area (Å²) in [5.41, 5.74) is 3.36. The number of benzene rings is 1. The lowest BCUT2D eigenvalue weighted by atomic mass is 9.87. The molecule has 96 valence electrons. The molecule has 0 aromatic heterocycles. The lowest BCUT2D eigenvalue weighted by Crippen LogP contribution is -2.20. The summed E-state index contributed by atoms with van der Waals surface area (Å²) >= 11 is 0. The van der Waals surface area contributed by atoms with Crippen LogP contribution in [0.1, 0.15) is 47.1 Å². The van der Waals surface area contributed by atoms with Crippen LogP contribution in [0, 0.1) is 10.8 Å². The topological polar surface area (TPSA) is 12.0 Å². The predicted molar refractivity (Wildman–Crippen MR) is 77.5 cm³/mol. The first-order valence-electron chi connectivity index (χ1n) is 6.49. The maximum absolute atomic E-state index is 3.58. The van der Waals surface area contributed by atoms with Crippen LogP contribution in [-0.4, -0.2) is 6.54 Å². The van der Waals surface area contributed by atoms with Gasteiger partial charge in [0, 0.05) is 12.2 Å². The first kappa shape index (κ1) is 14.1. The first-order valence-corrected chi connectivity index (χ1v) is 6.49. The zero-order chi connectivity index (χ0) is 13.1. The summed E-state index contributed by atoms with van der Waals surface area (Å²) in [6.07, 6.45) is 1.11. The molecule has 0 radical (unpaired) electrons. The monoisotopic (exact) mass is 233 g/mol. The minimum absolute atomic E-state index is 0.314. The van der Waals surface area contributed by atoms with Gasteiger partial charge in [0.15, 0.2) is 0 Å². The Morgan fingerprint density at radius 3 is 2.00 bits per heavy atom. The van der Waals surface area contributed by atoms with Crippen molar-refractivity contribution in [3.05, 3.63) is 29.8 Å². The van der Waals surface area contributed by atoms with E-state index in [1.807, 2.05) is 0 Å². The molecule has 1 nitrogen and oxygen atoms in total. The number of nitrogens with one attached hydrogen (secondary N) is 1. The van der Waals surface area contributed by atoms with E-state index in [1.165, 1.54) is 11.3 Å². The highest BCUT2D eigenvalue weighted by atomic mass is 14.9. The second-order valence-electron chi connectivity index (χ2n) is 7.31. The van der Waals surface area contributed by atoms with Gasteiger partial charge in [-0.05, 0) is 28.9 Å². The molecule has 0 atom stereocenters. The van der Waals surface area contributed by atoms with Gasteiger partial charge in [-0.2, -0.15) is 0 Å². The maximum Gasteiger partial charge on any atom is 0.0373 e. The predicted octanol–water partition coefficient (Wildman–Crippen LogP) is 4.73. The Morgan fingerprint density at radius 1 is 0.882 bits per heavy atom. The van der Waals surface area contributed by atoms with Gasteiger partial charge in [0.05, 0.1) is 0 Å². The summed E-state index contributed by atoms with van der Waals surface area (Å²) in [5, 5.41) is 3.58. The van der Waals surface area contributed by atoms with E-state index >= 15 is 0 Å². The number of hydrogen-bond donors (Lipinski definition) is 1.